The first kappa shape index (κ1) is 8.68. The minimum Gasteiger partial charge on any atom is -0.421 e. The molecule has 14 heavy (non-hydrogen) atoms. The van der Waals surface area contributed by atoms with Gasteiger partial charge in [0.25, 0.3) is 0 Å². The maximum atomic E-state index is 13.0. The summed E-state index contributed by atoms with van der Waals surface area (Å²) in [5.74, 6) is 0.285. The molecule has 0 aliphatic carbocycles. The highest BCUT2D eigenvalue weighted by Gasteiger charge is 2.07. The van der Waals surface area contributed by atoms with E-state index in [0.29, 0.717) is 17.1 Å². The Morgan fingerprint density at radius 2 is 2.07 bits per heavy atom. The lowest BCUT2D eigenvalue weighted by Gasteiger charge is -1.97. The maximum absolute atomic E-state index is 13.0. The summed E-state index contributed by atoms with van der Waals surface area (Å²) in [6, 6.07) is 4.10. The van der Waals surface area contributed by atoms with Gasteiger partial charge >= 0.3 is 0 Å². The summed E-state index contributed by atoms with van der Waals surface area (Å²) in [6.07, 6.45) is 0. The second kappa shape index (κ2) is 3.10. The van der Waals surface area contributed by atoms with E-state index in [1.54, 1.807) is 13.0 Å². The SMILES string of the molecule is Cc1nnc(-c2cc(N)cc(F)c2)o1. The number of hydrogen-bond donors (Lipinski definition) is 1. The fourth-order valence-corrected chi connectivity index (χ4v) is 1.15. The van der Waals surface area contributed by atoms with Gasteiger partial charge in [-0.3, -0.25) is 0 Å². The highest BCUT2D eigenvalue weighted by Crippen LogP contribution is 2.21. The second-order valence-electron chi connectivity index (χ2n) is 2.90. The predicted octanol–water partition coefficient (Wildman–Crippen LogP) is 1.77. The Morgan fingerprint density at radius 1 is 1.29 bits per heavy atom. The zero-order chi connectivity index (χ0) is 10.1. The van der Waals surface area contributed by atoms with E-state index < -0.39 is 5.82 Å². The lowest BCUT2D eigenvalue weighted by molar-refractivity contribution is 0.532. The van der Waals surface area contributed by atoms with Gasteiger partial charge in [0.05, 0.1) is 0 Å². The molecule has 0 amide bonds. The van der Waals surface area contributed by atoms with Crippen LogP contribution in [0.3, 0.4) is 0 Å². The first-order chi connectivity index (χ1) is 6.65. The Balaban J connectivity index is 2.51. The van der Waals surface area contributed by atoms with Gasteiger partial charge in [0, 0.05) is 18.2 Å². The average Bonchev–Trinajstić information content (AvgIpc) is 2.50. The lowest BCUT2D eigenvalue weighted by atomic mass is 10.2. The molecule has 0 saturated heterocycles. The number of halogens is 1. The molecule has 1 aromatic heterocycles. The molecule has 5 heteroatoms. The van der Waals surface area contributed by atoms with Crippen molar-refractivity contribution >= 4 is 5.69 Å². The highest BCUT2D eigenvalue weighted by molar-refractivity contribution is 5.59. The minimum atomic E-state index is -0.421. The van der Waals surface area contributed by atoms with Crippen molar-refractivity contribution in [2.45, 2.75) is 6.92 Å². The van der Waals surface area contributed by atoms with Gasteiger partial charge in [-0.15, -0.1) is 10.2 Å². The number of aromatic nitrogens is 2. The molecule has 0 saturated carbocycles. The minimum absolute atomic E-state index is 0.272. The van der Waals surface area contributed by atoms with E-state index in [1.807, 2.05) is 0 Å². The lowest BCUT2D eigenvalue weighted by Crippen LogP contribution is -1.88. The monoisotopic (exact) mass is 193 g/mol. The van der Waals surface area contributed by atoms with Crippen LogP contribution < -0.4 is 5.73 Å². The van der Waals surface area contributed by atoms with E-state index >= 15 is 0 Å². The van der Waals surface area contributed by atoms with E-state index in [4.69, 9.17) is 10.2 Å². The molecule has 0 bridgehead atoms. The summed E-state index contributed by atoms with van der Waals surface area (Å²) < 4.78 is 18.1. The molecule has 0 unspecified atom stereocenters. The molecule has 0 spiro atoms. The van der Waals surface area contributed by atoms with E-state index in [1.165, 1.54) is 12.1 Å². The van der Waals surface area contributed by atoms with Crippen molar-refractivity contribution in [1.82, 2.24) is 10.2 Å². The largest absolute Gasteiger partial charge is 0.421 e. The van der Waals surface area contributed by atoms with Crippen molar-refractivity contribution < 1.29 is 8.81 Å². The van der Waals surface area contributed by atoms with Gasteiger partial charge in [0.15, 0.2) is 0 Å². The summed E-state index contributed by atoms with van der Waals surface area (Å²) >= 11 is 0. The summed E-state index contributed by atoms with van der Waals surface area (Å²) in [5, 5.41) is 7.40. The molecule has 0 atom stereocenters. The van der Waals surface area contributed by atoms with Crippen LogP contribution in [0.15, 0.2) is 22.6 Å². The molecule has 1 aromatic carbocycles. The predicted molar refractivity (Wildman–Crippen MR) is 48.8 cm³/mol. The molecule has 2 aromatic rings. The van der Waals surface area contributed by atoms with Gasteiger partial charge in [0.1, 0.15) is 5.82 Å². The van der Waals surface area contributed by atoms with E-state index in [0.717, 1.165) is 0 Å². The number of nitrogen functional groups attached to an aromatic ring is 1. The van der Waals surface area contributed by atoms with Crippen molar-refractivity contribution in [3.8, 4) is 11.5 Å². The van der Waals surface area contributed by atoms with Crippen molar-refractivity contribution in [1.29, 1.82) is 0 Å². The second-order valence-corrected chi connectivity index (χ2v) is 2.90. The van der Waals surface area contributed by atoms with E-state index in [-0.39, 0.29) is 5.89 Å². The van der Waals surface area contributed by atoms with Crippen LogP contribution in [0.1, 0.15) is 5.89 Å². The number of rotatable bonds is 1. The number of nitrogens with two attached hydrogens (primary N) is 1. The molecule has 2 rings (SSSR count). The molecule has 0 fully saturated rings. The van der Waals surface area contributed by atoms with Crippen LogP contribution in [0.2, 0.25) is 0 Å². The van der Waals surface area contributed by atoms with Gasteiger partial charge < -0.3 is 10.2 Å². The highest BCUT2D eigenvalue weighted by atomic mass is 19.1. The smallest absolute Gasteiger partial charge is 0.247 e. The zero-order valence-corrected chi connectivity index (χ0v) is 7.49. The number of benzene rings is 1. The summed E-state index contributed by atoms with van der Waals surface area (Å²) in [4.78, 5) is 0. The number of nitrogens with zero attached hydrogens (tertiary/aromatic N) is 2. The fraction of sp³-hybridized carbons (Fsp3) is 0.111. The summed E-state index contributed by atoms with van der Waals surface area (Å²) in [6.45, 7) is 1.67. The third kappa shape index (κ3) is 1.56. The average molecular weight is 193 g/mol. The molecule has 0 aliphatic heterocycles. The van der Waals surface area contributed by atoms with Gasteiger partial charge in [-0.2, -0.15) is 0 Å². The Labute approximate surface area is 79.6 Å². The summed E-state index contributed by atoms with van der Waals surface area (Å²) in [5.41, 5.74) is 6.29. The normalized spacial score (nSPS) is 10.4. The topological polar surface area (TPSA) is 64.9 Å². The quantitative estimate of drug-likeness (QED) is 0.701. The molecule has 72 valence electrons. The van der Waals surface area contributed by atoms with Gasteiger partial charge in [-0.25, -0.2) is 4.39 Å². The molecular weight excluding hydrogens is 185 g/mol. The third-order valence-electron chi connectivity index (χ3n) is 1.69. The third-order valence-corrected chi connectivity index (χ3v) is 1.69. The van der Waals surface area contributed by atoms with Crippen LogP contribution in [-0.4, -0.2) is 10.2 Å². The maximum Gasteiger partial charge on any atom is 0.247 e. The molecular formula is C9H8FN3O. The molecule has 0 radical (unpaired) electrons. The molecule has 0 aliphatic rings. The van der Waals surface area contributed by atoms with Crippen LogP contribution in [-0.2, 0) is 0 Å². The molecule has 4 nitrogen and oxygen atoms in total. The van der Waals surface area contributed by atoms with E-state index in [9.17, 15) is 4.39 Å². The number of aryl methyl sites for hydroxylation is 1. The van der Waals surface area contributed by atoms with Crippen molar-refractivity contribution in [2.24, 2.45) is 0 Å². The first-order valence-corrected chi connectivity index (χ1v) is 4.02. The molecule has 2 N–H and O–H groups in total. The Bertz CT molecular complexity index is 447. The van der Waals surface area contributed by atoms with Gasteiger partial charge in [0.2, 0.25) is 11.8 Å². The van der Waals surface area contributed by atoms with Crippen LogP contribution in [0, 0.1) is 12.7 Å². The number of hydrogen-bond acceptors (Lipinski definition) is 4. The Kier molecular flexibility index (Phi) is 1.92. The van der Waals surface area contributed by atoms with Crippen LogP contribution in [0.5, 0.6) is 0 Å². The fourth-order valence-electron chi connectivity index (χ4n) is 1.15. The first-order valence-electron chi connectivity index (χ1n) is 4.02. The van der Waals surface area contributed by atoms with Crippen LogP contribution in [0.25, 0.3) is 11.5 Å². The van der Waals surface area contributed by atoms with Crippen molar-refractivity contribution in [2.75, 3.05) is 5.73 Å². The van der Waals surface area contributed by atoms with Gasteiger partial charge in [-0.05, 0) is 18.2 Å². The number of anilines is 1. The van der Waals surface area contributed by atoms with Crippen LogP contribution in [0.4, 0.5) is 10.1 Å². The zero-order valence-electron chi connectivity index (χ0n) is 7.49. The van der Waals surface area contributed by atoms with Crippen molar-refractivity contribution in [3.05, 3.63) is 29.9 Å². The standard InChI is InChI=1S/C9H8FN3O/c1-5-12-13-9(14-5)6-2-7(10)4-8(11)3-6/h2-4H,11H2,1H3. The molecule has 1 heterocycles. The Hall–Kier alpha value is -1.91. The Morgan fingerprint density at radius 3 is 2.64 bits per heavy atom. The van der Waals surface area contributed by atoms with E-state index in [2.05, 4.69) is 10.2 Å². The van der Waals surface area contributed by atoms with Crippen LogP contribution >= 0.6 is 0 Å². The van der Waals surface area contributed by atoms with Gasteiger partial charge in [-0.1, -0.05) is 0 Å². The van der Waals surface area contributed by atoms with Crippen molar-refractivity contribution in [3.63, 3.8) is 0 Å². The summed E-state index contributed by atoms with van der Waals surface area (Å²) in [7, 11) is 0.